The fourth-order valence-electron chi connectivity index (χ4n) is 2.75. The van der Waals surface area contributed by atoms with Gasteiger partial charge in [-0.1, -0.05) is 18.2 Å². The molecule has 2 aromatic rings. The van der Waals surface area contributed by atoms with Gasteiger partial charge in [-0.25, -0.2) is 17.9 Å². The van der Waals surface area contributed by atoms with Crippen LogP contribution < -0.4 is 20.8 Å². The van der Waals surface area contributed by atoms with E-state index in [2.05, 4.69) is 15.8 Å². The molecule has 146 valence electrons. The molecule has 1 amide bonds. The Labute approximate surface area is 166 Å². The highest BCUT2D eigenvalue weighted by atomic mass is 32.2. The van der Waals surface area contributed by atoms with Gasteiger partial charge in [-0.15, -0.1) is 0 Å². The van der Waals surface area contributed by atoms with Gasteiger partial charge < -0.3 is 10.2 Å². The maximum absolute atomic E-state index is 14.1. The number of likely N-dealkylation sites (N-methyl/N-ethyl adjacent to an activating group) is 1. The molecule has 4 N–H and O–H groups in total. The van der Waals surface area contributed by atoms with Crippen LogP contribution in [0.25, 0.3) is 0 Å². The highest BCUT2D eigenvalue weighted by Gasteiger charge is 2.35. The van der Waals surface area contributed by atoms with Crippen molar-refractivity contribution in [2.24, 2.45) is 10.2 Å². The molecule has 1 heterocycles. The summed E-state index contributed by atoms with van der Waals surface area (Å²) in [4.78, 5) is 13.7. The number of nitrogens with zero attached hydrogens (tertiary/aromatic N) is 2. The number of benzene rings is 2. The number of anilines is 2. The van der Waals surface area contributed by atoms with E-state index < -0.39 is 21.7 Å². The largest absolute Gasteiger partial charge is 0.331 e. The zero-order valence-electron chi connectivity index (χ0n) is 14.6. The Hall–Kier alpha value is -2.89. The van der Waals surface area contributed by atoms with E-state index >= 15 is 0 Å². The third-order valence-electron chi connectivity index (χ3n) is 3.97. The van der Waals surface area contributed by atoms with Crippen molar-refractivity contribution >= 4 is 50.3 Å². The van der Waals surface area contributed by atoms with Gasteiger partial charge in [0.05, 0.1) is 10.6 Å². The molecule has 3 rings (SSSR count). The van der Waals surface area contributed by atoms with E-state index in [1.165, 1.54) is 35.2 Å². The molecule has 0 spiro atoms. The average Bonchev–Trinajstić information content (AvgIpc) is 2.91. The SMILES string of the molecule is CCN1C(=O)C(=NNC(=S)Nc2cccc(S(N)(=O)=O)c2)c2cccc(F)c21. The fourth-order valence-corrected chi connectivity index (χ4v) is 3.47. The van der Waals surface area contributed by atoms with Crippen molar-refractivity contribution in [2.75, 3.05) is 16.8 Å². The number of hydrogen-bond acceptors (Lipinski definition) is 5. The van der Waals surface area contributed by atoms with Gasteiger partial charge in [-0.2, -0.15) is 5.10 Å². The lowest BCUT2D eigenvalue weighted by molar-refractivity contribution is -0.112. The minimum atomic E-state index is -3.86. The lowest BCUT2D eigenvalue weighted by Gasteiger charge is -2.13. The van der Waals surface area contributed by atoms with Crippen LogP contribution in [0.4, 0.5) is 15.8 Å². The van der Waals surface area contributed by atoms with Gasteiger partial charge >= 0.3 is 0 Å². The van der Waals surface area contributed by atoms with Gasteiger partial charge in [0.15, 0.2) is 10.8 Å². The first-order valence-electron chi connectivity index (χ1n) is 8.10. The summed E-state index contributed by atoms with van der Waals surface area (Å²) in [5.74, 6) is -0.965. The van der Waals surface area contributed by atoms with E-state index in [1.807, 2.05) is 0 Å². The standard InChI is InChI=1S/C17H16FN5O3S2/c1-2-23-15-12(7-4-8-13(15)18)14(16(23)24)21-22-17(27)20-10-5-3-6-11(9-10)28(19,25)26/h3-9H,2H2,1H3,(H2,19,25,26)(H2,20,22,27). The molecule has 1 aliphatic rings. The Morgan fingerprint density at radius 3 is 2.68 bits per heavy atom. The highest BCUT2D eigenvalue weighted by molar-refractivity contribution is 7.89. The number of fused-ring (bicyclic) bond motifs is 1. The Balaban J connectivity index is 1.80. The molecular weight excluding hydrogens is 405 g/mol. The summed E-state index contributed by atoms with van der Waals surface area (Å²) in [5.41, 5.74) is 3.45. The first-order chi connectivity index (χ1) is 13.2. The minimum absolute atomic E-state index is 0.0137. The second kappa shape index (κ2) is 7.62. The van der Waals surface area contributed by atoms with Crippen molar-refractivity contribution in [2.45, 2.75) is 11.8 Å². The number of hydrazone groups is 1. The van der Waals surface area contributed by atoms with Crippen LogP contribution in [0.5, 0.6) is 0 Å². The molecule has 2 aromatic carbocycles. The molecule has 0 atom stereocenters. The van der Waals surface area contributed by atoms with E-state index in [0.717, 1.165) is 0 Å². The van der Waals surface area contributed by atoms with E-state index in [4.69, 9.17) is 17.4 Å². The number of nitrogens with one attached hydrogen (secondary N) is 2. The molecule has 0 fully saturated rings. The molecule has 1 aliphatic heterocycles. The number of halogens is 1. The second-order valence-corrected chi connectivity index (χ2v) is 7.75. The van der Waals surface area contributed by atoms with Crippen LogP contribution in [0.2, 0.25) is 0 Å². The number of thiocarbonyl (C=S) groups is 1. The number of rotatable bonds is 4. The lowest BCUT2D eigenvalue weighted by Crippen LogP contribution is -2.32. The maximum atomic E-state index is 14.1. The van der Waals surface area contributed by atoms with Crippen molar-refractivity contribution in [3.05, 3.63) is 53.8 Å². The summed E-state index contributed by atoms with van der Waals surface area (Å²) in [7, 11) is -3.86. The van der Waals surface area contributed by atoms with E-state index in [9.17, 15) is 17.6 Å². The predicted octanol–water partition coefficient (Wildman–Crippen LogP) is 1.53. The van der Waals surface area contributed by atoms with E-state index in [-0.39, 0.29) is 28.0 Å². The number of amides is 1. The number of nitrogens with two attached hydrogens (primary N) is 1. The van der Waals surface area contributed by atoms with Crippen LogP contribution in [-0.2, 0) is 14.8 Å². The third kappa shape index (κ3) is 3.86. The summed E-state index contributed by atoms with van der Waals surface area (Å²) in [6.07, 6.45) is 0. The number of hydrogen-bond donors (Lipinski definition) is 3. The number of para-hydroxylation sites is 1. The van der Waals surface area contributed by atoms with Crippen molar-refractivity contribution in [3.63, 3.8) is 0 Å². The first kappa shape index (κ1) is 19.9. The second-order valence-electron chi connectivity index (χ2n) is 5.78. The Morgan fingerprint density at radius 2 is 2.00 bits per heavy atom. The van der Waals surface area contributed by atoms with Gasteiger partial charge in [0.2, 0.25) is 10.0 Å². The third-order valence-corrected chi connectivity index (χ3v) is 5.07. The van der Waals surface area contributed by atoms with Crippen molar-refractivity contribution in [1.82, 2.24) is 5.43 Å². The molecule has 0 bridgehead atoms. The maximum Gasteiger partial charge on any atom is 0.279 e. The smallest absolute Gasteiger partial charge is 0.279 e. The molecule has 8 nitrogen and oxygen atoms in total. The van der Waals surface area contributed by atoms with Crippen molar-refractivity contribution in [3.8, 4) is 0 Å². The summed E-state index contributed by atoms with van der Waals surface area (Å²) in [6, 6.07) is 10.1. The number of primary sulfonamides is 1. The van der Waals surface area contributed by atoms with Gasteiger partial charge in [-0.3, -0.25) is 10.2 Å². The van der Waals surface area contributed by atoms with E-state index in [0.29, 0.717) is 11.3 Å². The zero-order chi connectivity index (χ0) is 20.5. The molecule has 0 aliphatic carbocycles. The molecular formula is C17H16FN5O3S2. The zero-order valence-corrected chi connectivity index (χ0v) is 16.3. The first-order valence-corrected chi connectivity index (χ1v) is 10.1. The summed E-state index contributed by atoms with van der Waals surface area (Å²) < 4.78 is 37.0. The molecule has 11 heteroatoms. The molecule has 28 heavy (non-hydrogen) atoms. The molecule has 0 saturated carbocycles. The van der Waals surface area contributed by atoms with Crippen molar-refractivity contribution < 1.29 is 17.6 Å². The van der Waals surface area contributed by atoms with Crippen LogP contribution in [0, 0.1) is 5.82 Å². The van der Waals surface area contributed by atoms with Crippen LogP contribution in [-0.4, -0.2) is 31.7 Å². The normalized spacial score (nSPS) is 14.9. The Bertz CT molecular complexity index is 1100. The molecule has 0 aromatic heterocycles. The highest BCUT2D eigenvalue weighted by Crippen LogP contribution is 2.31. The summed E-state index contributed by atoms with van der Waals surface area (Å²) >= 11 is 5.12. The lowest BCUT2D eigenvalue weighted by atomic mass is 10.1. The average molecular weight is 421 g/mol. The van der Waals surface area contributed by atoms with Gasteiger partial charge in [-0.05, 0) is 43.4 Å². The van der Waals surface area contributed by atoms with E-state index in [1.54, 1.807) is 19.1 Å². The number of carbonyl (C=O) groups is 1. The Kier molecular flexibility index (Phi) is 5.40. The Morgan fingerprint density at radius 1 is 1.29 bits per heavy atom. The summed E-state index contributed by atoms with van der Waals surface area (Å²) in [5, 5.41) is 11.9. The minimum Gasteiger partial charge on any atom is -0.331 e. The van der Waals surface area contributed by atoms with Gasteiger partial charge in [0, 0.05) is 17.8 Å². The fraction of sp³-hybridized carbons (Fsp3) is 0.118. The summed E-state index contributed by atoms with van der Waals surface area (Å²) in [6.45, 7) is 2.02. The molecule has 0 unspecified atom stereocenters. The monoisotopic (exact) mass is 421 g/mol. The number of carbonyl (C=O) groups excluding carboxylic acids is 1. The van der Waals surface area contributed by atoms with Gasteiger partial charge in [0.1, 0.15) is 5.82 Å². The van der Waals surface area contributed by atoms with Crippen molar-refractivity contribution in [1.29, 1.82) is 0 Å². The van der Waals surface area contributed by atoms with Crippen LogP contribution in [0.1, 0.15) is 12.5 Å². The van der Waals surface area contributed by atoms with Crippen LogP contribution >= 0.6 is 12.2 Å². The van der Waals surface area contributed by atoms with Crippen LogP contribution in [0.15, 0.2) is 52.5 Å². The van der Waals surface area contributed by atoms with Crippen LogP contribution in [0.3, 0.4) is 0 Å². The number of sulfonamides is 1. The predicted molar refractivity (Wildman–Crippen MR) is 108 cm³/mol. The quantitative estimate of drug-likeness (QED) is 0.509. The topological polar surface area (TPSA) is 117 Å². The molecule has 0 saturated heterocycles. The van der Waals surface area contributed by atoms with Gasteiger partial charge in [0.25, 0.3) is 5.91 Å². The molecule has 0 radical (unpaired) electrons.